The van der Waals surface area contributed by atoms with Crippen LogP contribution in [0.15, 0.2) is 12.2 Å². The molecule has 3 saturated heterocycles. The SMILES string of the molecule is C=C1COC2C1OC1OC(C)(C)OC12. The van der Waals surface area contributed by atoms with E-state index in [9.17, 15) is 0 Å². The number of rotatable bonds is 0. The van der Waals surface area contributed by atoms with E-state index in [2.05, 4.69) is 6.58 Å². The lowest BCUT2D eigenvalue weighted by atomic mass is 10.1. The number of hydrogen-bond acceptors (Lipinski definition) is 4. The second-order valence-corrected chi connectivity index (χ2v) is 4.46. The third-order valence-electron chi connectivity index (χ3n) is 2.85. The highest BCUT2D eigenvalue weighted by atomic mass is 16.8. The summed E-state index contributed by atoms with van der Waals surface area (Å²) < 4.78 is 22.6. The smallest absolute Gasteiger partial charge is 0.190 e. The number of fused-ring (bicyclic) bond motifs is 3. The molecule has 4 unspecified atom stereocenters. The largest absolute Gasteiger partial charge is 0.368 e. The molecule has 78 valence electrons. The Labute approximate surface area is 82.8 Å². The monoisotopic (exact) mass is 198 g/mol. The van der Waals surface area contributed by atoms with Crippen molar-refractivity contribution in [3.8, 4) is 0 Å². The average molecular weight is 198 g/mol. The van der Waals surface area contributed by atoms with Gasteiger partial charge in [0.1, 0.15) is 18.3 Å². The van der Waals surface area contributed by atoms with Crippen LogP contribution in [0.1, 0.15) is 13.8 Å². The van der Waals surface area contributed by atoms with E-state index in [0.29, 0.717) is 6.61 Å². The maximum atomic E-state index is 5.72. The summed E-state index contributed by atoms with van der Waals surface area (Å²) in [6.45, 7) is 8.24. The lowest BCUT2D eigenvalue weighted by molar-refractivity contribution is -0.206. The third-order valence-corrected chi connectivity index (χ3v) is 2.85. The molecule has 4 nitrogen and oxygen atoms in total. The maximum absolute atomic E-state index is 5.72. The first-order chi connectivity index (χ1) is 6.57. The van der Waals surface area contributed by atoms with Gasteiger partial charge in [-0.15, -0.1) is 0 Å². The van der Waals surface area contributed by atoms with Crippen LogP contribution in [0.4, 0.5) is 0 Å². The zero-order valence-corrected chi connectivity index (χ0v) is 8.36. The zero-order chi connectivity index (χ0) is 9.92. The summed E-state index contributed by atoms with van der Waals surface area (Å²) in [6, 6.07) is 0. The van der Waals surface area contributed by atoms with Crippen molar-refractivity contribution in [3.63, 3.8) is 0 Å². The number of ether oxygens (including phenoxy) is 4. The highest BCUT2D eigenvalue weighted by Gasteiger charge is 2.57. The molecule has 3 aliphatic rings. The standard InChI is InChI=1S/C10H14O4/c1-5-4-11-7-6(5)12-9-8(7)13-10(2,3)14-9/h6-9H,1,4H2,2-3H3. The van der Waals surface area contributed by atoms with E-state index in [0.717, 1.165) is 5.57 Å². The summed E-state index contributed by atoms with van der Waals surface area (Å²) in [5, 5.41) is 0. The minimum absolute atomic E-state index is 0.0331. The molecule has 0 N–H and O–H groups in total. The van der Waals surface area contributed by atoms with Gasteiger partial charge in [0.15, 0.2) is 12.1 Å². The molecule has 4 atom stereocenters. The Hall–Kier alpha value is -0.420. The molecule has 0 spiro atoms. The molecule has 14 heavy (non-hydrogen) atoms. The second-order valence-electron chi connectivity index (χ2n) is 4.46. The molecule has 3 fully saturated rings. The van der Waals surface area contributed by atoms with E-state index in [1.807, 2.05) is 13.8 Å². The number of hydrogen-bond donors (Lipinski definition) is 0. The van der Waals surface area contributed by atoms with E-state index in [-0.39, 0.29) is 24.6 Å². The summed E-state index contributed by atoms with van der Waals surface area (Å²) in [7, 11) is 0. The van der Waals surface area contributed by atoms with Crippen molar-refractivity contribution in [2.24, 2.45) is 0 Å². The van der Waals surface area contributed by atoms with Crippen LogP contribution in [0.2, 0.25) is 0 Å². The van der Waals surface area contributed by atoms with Crippen molar-refractivity contribution in [1.82, 2.24) is 0 Å². The topological polar surface area (TPSA) is 36.9 Å². The van der Waals surface area contributed by atoms with E-state index >= 15 is 0 Å². The Balaban J connectivity index is 1.83. The van der Waals surface area contributed by atoms with Crippen molar-refractivity contribution < 1.29 is 18.9 Å². The summed E-state index contributed by atoms with van der Waals surface area (Å²) in [5.41, 5.74) is 0.981. The van der Waals surface area contributed by atoms with Gasteiger partial charge in [0.25, 0.3) is 0 Å². The Bertz CT molecular complexity index is 286. The first-order valence-corrected chi connectivity index (χ1v) is 4.87. The van der Waals surface area contributed by atoms with Gasteiger partial charge in [-0.05, 0) is 19.4 Å². The van der Waals surface area contributed by atoms with Gasteiger partial charge in [-0.3, -0.25) is 0 Å². The predicted octanol–water partition coefficient (Wildman–Crippen LogP) is 0.818. The van der Waals surface area contributed by atoms with E-state index < -0.39 is 5.79 Å². The summed E-state index contributed by atoms with van der Waals surface area (Å²) in [5.74, 6) is -0.562. The van der Waals surface area contributed by atoms with Crippen molar-refractivity contribution >= 4 is 0 Å². The molecule has 0 aromatic rings. The van der Waals surface area contributed by atoms with Crippen molar-refractivity contribution in [2.75, 3.05) is 6.61 Å². The van der Waals surface area contributed by atoms with Crippen LogP contribution >= 0.6 is 0 Å². The maximum Gasteiger partial charge on any atom is 0.190 e. The molecule has 0 aliphatic carbocycles. The molecule has 0 saturated carbocycles. The molecule has 0 bridgehead atoms. The third kappa shape index (κ3) is 1.08. The van der Waals surface area contributed by atoms with Crippen LogP contribution in [0.3, 0.4) is 0 Å². The fraction of sp³-hybridized carbons (Fsp3) is 0.800. The van der Waals surface area contributed by atoms with Crippen LogP contribution < -0.4 is 0 Å². The summed E-state index contributed by atoms with van der Waals surface area (Å²) in [6.07, 6.45) is -0.471. The molecular weight excluding hydrogens is 184 g/mol. The molecule has 0 aromatic carbocycles. The van der Waals surface area contributed by atoms with Gasteiger partial charge < -0.3 is 18.9 Å². The van der Waals surface area contributed by atoms with Gasteiger partial charge in [0.2, 0.25) is 0 Å². The molecule has 3 aliphatic heterocycles. The Kier molecular flexibility index (Phi) is 1.63. The van der Waals surface area contributed by atoms with E-state index in [1.54, 1.807) is 0 Å². The quantitative estimate of drug-likeness (QED) is 0.540. The predicted molar refractivity (Wildman–Crippen MR) is 47.6 cm³/mol. The summed E-state index contributed by atoms with van der Waals surface area (Å²) >= 11 is 0. The first kappa shape index (κ1) is 8.85. The van der Waals surface area contributed by atoms with E-state index in [1.165, 1.54) is 0 Å². The van der Waals surface area contributed by atoms with Crippen LogP contribution in [-0.2, 0) is 18.9 Å². The van der Waals surface area contributed by atoms with Crippen LogP contribution in [0.5, 0.6) is 0 Å². The van der Waals surface area contributed by atoms with E-state index in [4.69, 9.17) is 18.9 Å². The minimum Gasteiger partial charge on any atom is -0.368 e. The van der Waals surface area contributed by atoms with Crippen LogP contribution in [0, 0.1) is 0 Å². The Morgan fingerprint density at radius 2 is 2.07 bits per heavy atom. The lowest BCUT2D eigenvalue weighted by Gasteiger charge is -2.21. The molecule has 3 rings (SSSR count). The van der Waals surface area contributed by atoms with Crippen molar-refractivity contribution in [1.29, 1.82) is 0 Å². The zero-order valence-electron chi connectivity index (χ0n) is 8.36. The lowest BCUT2D eigenvalue weighted by Crippen LogP contribution is -2.32. The Morgan fingerprint density at radius 1 is 1.29 bits per heavy atom. The van der Waals surface area contributed by atoms with Gasteiger partial charge in [-0.25, -0.2) is 0 Å². The second kappa shape index (κ2) is 2.58. The van der Waals surface area contributed by atoms with Gasteiger partial charge in [0, 0.05) is 0 Å². The summed E-state index contributed by atoms with van der Waals surface area (Å²) in [4.78, 5) is 0. The average Bonchev–Trinajstić information content (AvgIpc) is 2.63. The van der Waals surface area contributed by atoms with Gasteiger partial charge in [-0.1, -0.05) is 6.58 Å². The molecule has 4 heteroatoms. The normalized spacial score (nSPS) is 49.4. The van der Waals surface area contributed by atoms with Crippen LogP contribution in [-0.4, -0.2) is 37.0 Å². The van der Waals surface area contributed by atoms with Crippen molar-refractivity contribution in [2.45, 2.75) is 44.2 Å². The fourth-order valence-electron chi connectivity index (χ4n) is 2.28. The van der Waals surface area contributed by atoms with Gasteiger partial charge >= 0.3 is 0 Å². The fourth-order valence-corrected chi connectivity index (χ4v) is 2.28. The van der Waals surface area contributed by atoms with Crippen LogP contribution in [0.25, 0.3) is 0 Å². The van der Waals surface area contributed by atoms with Gasteiger partial charge in [0.05, 0.1) is 6.61 Å². The first-order valence-electron chi connectivity index (χ1n) is 4.87. The minimum atomic E-state index is -0.562. The van der Waals surface area contributed by atoms with Crippen molar-refractivity contribution in [3.05, 3.63) is 12.2 Å². The van der Waals surface area contributed by atoms with Gasteiger partial charge in [-0.2, -0.15) is 0 Å². The molecule has 0 aromatic heterocycles. The molecule has 0 amide bonds. The highest BCUT2D eigenvalue weighted by molar-refractivity contribution is 5.16. The Morgan fingerprint density at radius 3 is 2.86 bits per heavy atom. The molecular formula is C10H14O4. The molecule has 3 heterocycles. The molecule has 0 radical (unpaired) electrons. The highest BCUT2D eigenvalue weighted by Crippen LogP contribution is 2.42.